The molecule has 4 heterocycles. The number of benzene rings is 1. The molecule has 40 heavy (non-hydrogen) atoms. The minimum absolute atomic E-state index is 0.0312. The van der Waals surface area contributed by atoms with Gasteiger partial charge in [0, 0.05) is 31.0 Å². The van der Waals surface area contributed by atoms with Crippen molar-refractivity contribution in [2.24, 2.45) is 0 Å². The van der Waals surface area contributed by atoms with Gasteiger partial charge in [0.05, 0.1) is 13.1 Å². The maximum Gasteiger partial charge on any atom is 0.511 e. The van der Waals surface area contributed by atoms with E-state index >= 15 is 0 Å². The standard InChI is InChI=1S/C22H18F6N8O3S/c1-12-8-30-20-32-17(21(23,24)25)16(35(20)10-12)19(37)29-9-13-2-4-14(5-3-13)18-31-15-11-34(6-7-36(15)33-18)40(38,39)22(26,27)28/h2-5,8,10H,6-7,9,11H2,1H3,(H,29,37). The van der Waals surface area contributed by atoms with E-state index in [0.717, 1.165) is 4.40 Å². The van der Waals surface area contributed by atoms with Gasteiger partial charge >= 0.3 is 21.7 Å². The maximum atomic E-state index is 13.6. The molecule has 1 N–H and O–H groups in total. The summed E-state index contributed by atoms with van der Waals surface area (Å²) in [6.07, 6.45) is -2.23. The number of nitrogens with zero attached hydrogens (tertiary/aromatic N) is 7. The topological polar surface area (TPSA) is 127 Å². The predicted octanol–water partition coefficient (Wildman–Crippen LogP) is 2.91. The van der Waals surface area contributed by atoms with Crippen molar-refractivity contribution in [3.05, 3.63) is 65.0 Å². The first-order valence-electron chi connectivity index (χ1n) is 11.4. The summed E-state index contributed by atoms with van der Waals surface area (Å²) in [5.41, 5.74) is -6.02. The van der Waals surface area contributed by atoms with Gasteiger partial charge in [0.15, 0.2) is 11.5 Å². The van der Waals surface area contributed by atoms with Crippen molar-refractivity contribution in [2.45, 2.75) is 38.2 Å². The molecule has 5 rings (SSSR count). The number of imidazole rings is 1. The van der Waals surface area contributed by atoms with Crippen molar-refractivity contribution < 1.29 is 39.6 Å². The molecule has 1 aliphatic rings. The lowest BCUT2D eigenvalue weighted by atomic mass is 10.1. The Morgan fingerprint density at radius 1 is 1.05 bits per heavy atom. The molecule has 1 aromatic carbocycles. The zero-order valence-electron chi connectivity index (χ0n) is 20.3. The highest BCUT2D eigenvalue weighted by atomic mass is 32.2. The first-order valence-corrected chi connectivity index (χ1v) is 12.9. The molecule has 0 fully saturated rings. The molecule has 18 heteroatoms. The molecule has 212 valence electrons. The first kappa shape index (κ1) is 27.5. The van der Waals surface area contributed by atoms with E-state index in [1.807, 2.05) is 0 Å². The zero-order chi connectivity index (χ0) is 29.0. The van der Waals surface area contributed by atoms with E-state index in [4.69, 9.17) is 0 Å². The second-order valence-corrected chi connectivity index (χ2v) is 10.8. The summed E-state index contributed by atoms with van der Waals surface area (Å²) in [6, 6.07) is 6.22. The van der Waals surface area contributed by atoms with E-state index in [-0.39, 0.29) is 34.8 Å². The molecule has 11 nitrogen and oxygen atoms in total. The number of carbonyl (C=O) groups is 1. The fourth-order valence-electron chi connectivity index (χ4n) is 4.07. The first-order chi connectivity index (χ1) is 18.6. The van der Waals surface area contributed by atoms with Crippen molar-refractivity contribution in [1.82, 2.24) is 38.8 Å². The summed E-state index contributed by atoms with van der Waals surface area (Å²) in [6.45, 7) is 0.320. The van der Waals surface area contributed by atoms with E-state index in [1.54, 1.807) is 31.2 Å². The molecule has 4 aromatic rings. The summed E-state index contributed by atoms with van der Waals surface area (Å²) in [7, 11) is -5.51. The van der Waals surface area contributed by atoms with Crippen molar-refractivity contribution >= 4 is 21.7 Å². The average Bonchev–Trinajstić information content (AvgIpc) is 3.48. The third kappa shape index (κ3) is 4.99. The van der Waals surface area contributed by atoms with E-state index in [2.05, 4.69) is 25.4 Å². The van der Waals surface area contributed by atoms with Gasteiger partial charge in [-0.1, -0.05) is 24.3 Å². The molecule has 0 unspecified atom stereocenters. The molecule has 0 aliphatic carbocycles. The van der Waals surface area contributed by atoms with Crippen molar-refractivity contribution in [1.29, 1.82) is 0 Å². The monoisotopic (exact) mass is 588 g/mol. The van der Waals surface area contributed by atoms with Crippen LogP contribution in [0.3, 0.4) is 0 Å². The quantitative estimate of drug-likeness (QED) is 0.355. The summed E-state index contributed by atoms with van der Waals surface area (Å²) in [4.78, 5) is 24.3. The molecule has 0 saturated heterocycles. The highest BCUT2D eigenvalue weighted by Crippen LogP contribution is 2.32. The third-order valence-corrected chi connectivity index (χ3v) is 7.59. The molecule has 0 radical (unpaired) electrons. The van der Waals surface area contributed by atoms with Gasteiger partial charge in [0.2, 0.25) is 5.78 Å². The highest BCUT2D eigenvalue weighted by molar-refractivity contribution is 7.89. The number of halogens is 6. The normalized spacial score (nSPS) is 14.9. The Kier molecular flexibility index (Phi) is 6.56. The summed E-state index contributed by atoms with van der Waals surface area (Å²) < 4.78 is 105. The van der Waals surface area contributed by atoms with Gasteiger partial charge in [-0.3, -0.25) is 9.20 Å². The van der Waals surface area contributed by atoms with Crippen LogP contribution >= 0.6 is 0 Å². The van der Waals surface area contributed by atoms with Gasteiger partial charge in [-0.05, 0) is 18.1 Å². The van der Waals surface area contributed by atoms with Crippen LogP contribution in [0.5, 0.6) is 0 Å². The number of hydrogen-bond acceptors (Lipinski definition) is 7. The van der Waals surface area contributed by atoms with Gasteiger partial charge in [-0.15, -0.1) is 0 Å². The summed E-state index contributed by atoms with van der Waals surface area (Å²) in [5.74, 6) is -1.12. The molecular weight excluding hydrogens is 570 g/mol. The van der Waals surface area contributed by atoms with E-state index in [9.17, 15) is 39.6 Å². The lowest BCUT2D eigenvalue weighted by Crippen LogP contribution is -2.44. The number of fused-ring (bicyclic) bond motifs is 2. The maximum absolute atomic E-state index is 13.6. The Balaban J connectivity index is 1.30. The minimum Gasteiger partial charge on any atom is -0.347 e. The minimum atomic E-state index is -5.51. The van der Waals surface area contributed by atoms with Crippen LogP contribution in [0.1, 0.15) is 33.1 Å². The van der Waals surface area contributed by atoms with Gasteiger partial charge in [0.25, 0.3) is 5.91 Å². The molecule has 0 bridgehead atoms. The van der Waals surface area contributed by atoms with E-state index < -0.39 is 52.1 Å². The summed E-state index contributed by atoms with van der Waals surface area (Å²) >= 11 is 0. The van der Waals surface area contributed by atoms with Crippen LogP contribution in [0.4, 0.5) is 26.3 Å². The molecule has 0 atom stereocenters. The Labute approximate surface area is 221 Å². The number of nitrogens with one attached hydrogen (secondary N) is 1. The third-order valence-electron chi connectivity index (χ3n) is 6.02. The smallest absolute Gasteiger partial charge is 0.347 e. The average molecular weight is 588 g/mol. The lowest BCUT2D eigenvalue weighted by molar-refractivity contribution is -0.141. The zero-order valence-corrected chi connectivity index (χ0v) is 21.1. The lowest BCUT2D eigenvalue weighted by Gasteiger charge is -2.26. The second-order valence-electron chi connectivity index (χ2n) is 8.85. The number of amides is 1. The van der Waals surface area contributed by atoms with Crippen molar-refractivity contribution in [3.63, 3.8) is 0 Å². The van der Waals surface area contributed by atoms with Gasteiger partial charge < -0.3 is 5.32 Å². The van der Waals surface area contributed by atoms with Crippen LogP contribution in [0.2, 0.25) is 0 Å². The van der Waals surface area contributed by atoms with Gasteiger partial charge in [0.1, 0.15) is 11.5 Å². The molecule has 3 aromatic heterocycles. The number of sulfonamides is 1. The van der Waals surface area contributed by atoms with Crippen molar-refractivity contribution in [2.75, 3.05) is 6.54 Å². The molecule has 0 spiro atoms. The van der Waals surface area contributed by atoms with Crippen molar-refractivity contribution in [3.8, 4) is 11.4 Å². The fraction of sp³-hybridized carbons (Fsp3) is 0.318. The largest absolute Gasteiger partial charge is 0.511 e. The van der Waals surface area contributed by atoms with Gasteiger partial charge in [-0.25, -0.2) is 28.1 Å². The number of alkyl halides is 6. The number of aromatic nitrogens is 6. The Morgan fingerprint density at radius 3 is 2.40 bits per heavy atom. The van der Waals surface area contributed by atoms with Crippen LogP contribution in [-0.4, -0.2) is 59.8 Å². The van der Waals surface area contributed by atoms with Crippen LogP contribution in [-0.2, 0) is 35.8 Å². The second kappa shape index (κ2) is 9.54. The summed E-state index contributed by atoms with van der Waals surface area (Å²) in [5, 5.41) is 6.66. The predicted molar refractivity (Wildman–Crippen MR) is 125 cm³/mol. The molecule has 1 aliphatic heterocycles. The van der Waals surface area contributed by atoms with Crippen LogP contribution in [0.15, 0.2) is 36.7 Å². The molecular formula is C22H18F6N8O3S. The number of aryl methyl sites for hydroxylation is 1. The van der Waals surface area contributed by atoms with E-state index in [1.165, 1.54) is 17.1 Å². The highest BCUT2D eigenvalue weighted by Gasteiger charge is 2.50. The van der Waals surface area contributed by atoms with Crippen LogP contribution in [0, 0.1) is 6.92 Å². The SMILES string of the molecule is Cc1cnc2nc(C(F)(F)F)c(C(=O)NCc3ccc(-c4nc5n(n4)CCN(S(=O)(=O)C(F)(F)F)C5)cc3)n2c1. The fourth-order valence-corrected chi connectivity index (χ4v) is 4.97. The van der Waals surface area contributed by atoms with Crippen LogP contribution < -0.4 is 5.32 Å². The molecule has 0 saturated carbocycles. The Morgan fingerprint density at radius 2 is 1.75 bits per heavy atom. The Bertz CT molecular complexity index is 1710. The number of rotatable bonds is 5. The number of hydrogen-bond donors (Lipinski definition) is 1. The van der Waals surface area contributed by atoms with E-state index in [0.29, 0.717) is 16.7 Å². The molecule has 1 amide bonds. The van der Waals surface area contributed by atoms with Crippen LogP contribution in [0.25, 0.3) is 17.2 Å². The van der Waals surface area contributed by atoms with Gasteiger partial charge in [-0.2, -0.15) is 35.7 Å². The number of carbonyl (C=O) groups excluding carboxylic acids is 1. The Hall–Kier alpha value is -4.06.